The van der Waals surface area contributed by atoms with Crippen LogP contribution in [0.2, 0.25) is 0 Å². The van der Waals surface area contributed by atoms with Gasteiger partial charge in [0.25, 0.3) is 0 Å². The minimum Gasteiger partial charge on any atom is -0.748 e. The van der Waals surface area contributed by atoms with E-state index in [0.717, 1.165) is 25.7 Å². The second-order valence-corrected chi connectivity index (χ2v) is 12.3. The van der Waals surface area contributed by atoms with E-state index in [9.17, 15) is 25.9 Å². The molecule has 8 unspecified atom stereocenters. The van der Waals surface area contributed by atoms with Crippen LogP contribution in [0.1, 0.15) is 25.7 Å². The van der Waals surface area contributed by atoms with Crippen LogP contribution in [0.3, 0.4) is 0 Å². The van der Waals surface area contributed by atoms with Crippen molar-refractivity contribution in [2.24, 2.45) is 0 Å². The summed E-state index contributed by atoms with van der Waals surface area (Å²) in [5.74, 6) is -1.05. The number of ether oxygens (including phenoxy) is 2. The van der Waals surface area contributed by atoms with E-state index >= 15 is 0 Å². The first kappa shape index (κ1) is 39.4. The van der Waals surface area contributed by atoms with Gasteiger partial charge in [0.05, 0.1) is 31.7 Å². The zero-order valence-electron chi connectivity index (χ0n) is 23.4. The number of methoxy groups -OCH3 is 2. The summed E-state index contributed by atoms with van der Waals surface area (Å²) in [6.45, 7) is -0.0350. The Kier molecular flexibility index (Phi) is 18.7. The fourth-order valence-corrected chi connectivity index (χ4v) is 5.28. The quantitative estimate of drug-likeness (QED) is 0.0629. The van der Waals surface area contributed by atoms with Gasteiger partial charge in [-0.05, 0) is 19.3 Å². The Bertz CT molecular complexity index is 872. The monoisotopic (exact) mass is 634 g/mol. The fraction of sp³-hybridized carbons (Fsp3) is 1.00. The first-order valence-electron chi connectivity index (χ1n) is 12.4. The molecule has 3 fully saturated rings. The first-order valence-corrected chi connectivity index (χ1v) is 15.6. The second-order valence-electron chi connectivity index (χ2n) is 9.29. The fourth-order valence-electron chi connectivity index (χ4n) is 4.55. The molecule has 3 rings (SSSR count). The minimum atomic E-state index is -4.32. The molecule has 224 valence electrons. The van der Waals surface area contributed by atoms with E-state index in [2.05, 4.69) is 53.2 Å². The van der Waals surface area contributed by atoms with Crippen molar-refractivity contribution in [1.29, 1.82) is 0 Å². The molecule has 1 aliphatic carbocycles. The summed E-state index contributed by atoms with van der Waals surface area (Å²) in [5.41, 5.74) is 0. The zero-order valence-corrected chi connectivity index (χ0v) is 29.0. The standard InChI is InChI=1S/C18H42N10O8S2.2Na/c1-35-17-25-13(19-6-8-37(29,30)31)23-15(27-17)21-11-4-3-5-12(10-11)22-16-24-14(26-18(28-16)36-2)20-7-9-38(32,33)34;;/h11-28H,3-10H2,1-2H3,(H,29,30,31)(H,32,33,34);;/q;2*+1/p-2. The van der Waals surface area contributed by atoms with Gasteiger partial charge in [0, 0.05) is 39.4 Å². The molecule has 0 aromatic rings. The summed E-state index contributed by atoms with van der Waals surface area (Å²) in [5, 5.41) is 31.9. The van der Waals surface area contributed by atoms with Crippen LogP contribution in [0.15, 0.2) is 0 Å². The van der Waals surface area contributed by atoms with E-state index in [0.29, 0.717) is 0 Å². The molecule has 0 spiro atoms. The number of hydrogen-bond acceptors (Lipinski definition) is 18. The van der Waals surface area contributed by atoms with Gasteiger partial charge in [0.15, 0.2) is 12.7 Å². The molecule has 40 heavy (non-hydrogen) atoms. The van der Waals surface area contributed by atoms with E-state index in [4.69, 9.17) is 9.47 Å². The summed E-state index contributed by atoms with van der Waals surface area (Å²) >= 11 is 0. The largest absolute Gasteiger partial charge is 1.00 e. The van der Waals surface area contributed by atoms with Crippen molar-refractivity contribution in [1.82, 2.24) is 53.2 Å². The third kappa shape index (κ3) is 15.4. The zero-order chi connectivity index (χ0) is 27.8. The summed E-state index contributed by atoms with van der Waals surface area (Å²) < 4.78 is 76.0. The summed E-state index contributed by atoms with van der Waals surface area (Å²) in [6, 6.07) is 0.279. The van der Waals surface area contributed by atoms with E-state index in [-0.39, 0.29) is 96.9 Å². The maximum absolute atomic E-state index is 10.9. The first-order chi connectivity index (χ1) is 17.9. The maximum Gasteiger partial charge on any atom is 1.00 e. The van der Waals surface area contributed by atoms with Gasteiger partial charge in [0.1, 0.15) is 25.2 Å². The van der Waals surface area contributed by atoms with Crippen LogP contribution in [0.4, 0.5) is 0 Å². The van der Waals surface area contributed by atoms with Gasteiger partial charge < -0.3 is 18.6 Å². The molecule has 3 aliphatic rings. The average molecular weight is 635 g/mol. The molecule has 0 bridgehead atoms. The van der Waals surface area contributed by atoms with Gasteiger partial charge in [-0.3, -0.25) is 53.2 Å². The SMILES string of the molecule is COC1NC(NCCS(=O)(=O)[O-])NC(NC2CCCC(NC3NC(NCCS(=O)(=O)[O-])NC(OC)N3)C2)N1.[Na+].[Na+]. The number of hydrogen-bond donors (Lipinski definition) is 10. The molecule has 8 atom stereocenters. The van der Waals surface area contributed by atoms with E-state index in [1.165, 1.54) is 14.2 Å². The Hall–Kier alpha value is 1.34. The Morgan fingerprint density at radius 3 is 1.40 bits per heavy atom. The predicted molar refractivity (Wildman–Crippen MR) is 133 cm³/mol. The van der Waals surface area contributed by atoms with Crippen molar-refractivity contribution in [3.05, 3.63) is 0 Å². The molecule has 0 amide bonds. The Morgan fingerprint density at radius 2 is 1.05 bits per heavy atom. The van der Waals surface area contributed by atoms with Crippen LogP contribution in [0, 0.1) is 0 Å². The van der Waals surface area contributed by atoms with Crippen molar-refractivity contribution >= 4 is 20.2 Å². The van der Waals surface area contributed by atoms with E-state index in [1.54, 1.807) is 0 Å². The Labute approximate surface area is 280 Å². The van der Waals surface area contributed by atoms with Gasteiger partial charge in [0.2, 0.25) is 0 Å². The van der Waals surface area contributed by atoms with Crippen LogP contribution >= 0.6 is 0 Å². The van der Waals surface area contributed by atoms with Crippen molar-refractivity contribution < 1.29 is 94.5 Å². The molecule has 2 saturated heterocycles. The van der Waals surface area contributed by atoms with Gasteiger partial charge in [-0.2, -0.15) is 0 Å². The van der Waals surface area contributed by atoms with Crippen molar-refractivity contribution in [3.8, 4) is 0 Å². The van der Waals surface area contributed by atoms with Crippen LogP contribution in [-0.2, 0) is 29.7 Å². The molecule has 2 heterocycles. The Morgan fingerprint density at radius 1 is 0.675 bits per heavy atom. The van der Waals surface area contributed by atoms with Crippen LogP contribution in [-0.4, -0.2) is 115 Å². The van der Waals surface area contributed by atoms with Gasteiger partial charge in [-0.25, -0.2) is 16.8 Å². The van der Waals surface area contributed by atoms with Gasteiger partial charge >= 0.3 is 59.1 Å². The molecule has 0 aromatic heterocycles. The van der Waals surface area contributed by atoms with Crippen molar-refractivity contribution in [3.63, 3.8) is 0 Å². The smallest absolute Gasteiger partial charge is 0.748 e. The summed E-state index contributed by atoms with van der Waals surface area (Å²) in [6.07, 6.45) is 0.935. The van der Waals surface area contributed by atoms with Crippen LogP contribution in [0.25, 0.3) is 0 Å². The van der Waals surface area contributed by atoms with Crippen molar-refractivity contribution in [2.45, 2.75) is 75.6 Å². The van der Waals surface area contributed by atoms with Gasteiger partial charge in [-0.1, -0.05) is 6.42 Å². The van der Waals surface area contributed by atoms with E-state index < -0.39 is 57.0 Å². The number of rotatable bonds is 14. The molecule has 0 radical (unpaired) electrons. The van der Waals surface area contributed by atoms with Crippen LogP contribution < -0.4 is 112 Å². The molecular weight excluding hydrogens is 594 g/mol. The topological polar surface area (TPSA) is 253 Å². The average Bonchev–Trinajstić information content (AvgIpc) is 2.82. The molecule has 0 aromatic carbocycles. The Balaban J connectivity index is 0.00000400. The normalized spacial score (nSPS) is 33.5. The molecule has 18 nitrogen and oxygen atoms in total. The van der Waals surface area contributed by atoms with E-state index in [1.807, 2.05) is 0 Å². The molecular formula is C18H40N10Na2O8S2. The molecule has 2 aliphatic heterocycles. The summed E-state index contributed by atoms with van der Waals surface area (Å²) in [7, 11) is -5.58. The minimum absolute atomic E-state index is 0. The molecule has 10 N–H and O–H groups in total. The predicted octanol–water partition coefficient (Wildman–Crippen LogP) is -11.7. The third-order valence-electron chi connectivity index (χ3n) is 6.29. The van der Waals surface area contributed by atoms with Gasteiger partial charge in [-0.15, -0.1) is 0 Å². The van der Waals surface area contributed by atoms with Crippen molar-refractivity contribution in [2.75, 3.05) is 38.8 Å². The second kappa shape index (κ2) is 19.0. The van der Waals surface area contributed by atoms with Crippen LogP contribution in [0.5, 0.6) is 0 Å². The summed E-state index contributed by atoms with van der Waals surface area (Å²) in [4.78, 5) is 0. The number of nitrogens with one attached hydrogen (secondary N) is 10. The molecule has 22 heteroatoms. The maximum atomic E-state index is 10.9. The third-order valence-corrected chi connectivity index (χ3v) is 7.70. The molecule has 1 saturated carbocycles.